The molecule has 1 aliphatic carbocycles. The van der Waals surface area contributed by atoms with Crippen LogP contribution >= 0.6 is 27.5 Å². The second-order valence-corrected chi connectivity index (χ2v) is 5.71. The van der Waals surface area contributed by atoms with Crippen LogP contribution < -0.4 is 5.32 Å². The lowest BCUT2D eigenvalue weighted by Crippen LogP contribution is -2.32. The molecule has 0 bridgehead atoms. The van der Waals surface area contributed by atoms with E-state index in [2.05, 4.69) is 21.2 Å². The van der Waals surface area contributed by atoms with Crippen molar-refractivity contribution in [1.82, 2.24) is 5.32 Å². The van der Waals surface area contributed by atoms with Gasteiger partial charge in [0.2, 0.25) is 5.91 Å². The molecule has 1 aliphatic rings. The maximum atomic E-state index is 11.7. The fourth-order valence-electron chi connectivity index (χ4n) is 1.67. The van der Waals surface area contributed by atoms with Gasteiger partial charge in [-0.05, 0) is 36.0 Å². The molecule has 2 nitrogen and oxygen atoms in total. The summed E-state index contributed by atoms with van der Waals surface area (Å²) in [4.78, 5) is 11.7. The molecule has 0 atom stereocenters. The quantitative estimate of drug-likeness (QED) is 0.831. The summed E-state index contributed by atoms with van der Waals surface area (Å²) in [7, 11) is 0. The third-order valence-corrected chi connectivity index (χ3v) is 4.62. The highest BCUT2D eigenvalue weighted by molar-refractivity contribution is 9.09. The molecular weight excluding hydrogens is 302 g/mol. The molecule has 1 saturated carbocycles. The van der Waals surface area contributed by atoms with Crippen LogP contribution in [0.1, 0.15) is 18.4 Å². The molecule has 4 heteroatoms. The molecule has 1 aromatic carbocycles. The van der Waals surface area contributed by atoms with Crippen LogP contribution in [0.25, 0.3) is 0 Å². The number of carbonyl (C=O) groups is 1. The number of benzene rings is 1. The minimum absolute atomic E-state index is 0.0829. The smallest absolute Gasteiger partial charge is 0.224 e. The topological polar surface area (TPSA) is 29.1 Å². The van der Waals surface area contributed by atoms with E-state index >= 15 is 0 Å². The third-order valence-electron chi connectivity index (χ3n) is 3.18. The zero-order valence-electron chi connectivity index (χ0n) is 9.51. The van der Waals surface area contributed by atoms with E-state index < -0.39 is 0 Å². The van der Waals surface area contributed by atoms with E-state index in [9.17, 15) is 4.79 Å². The Morgan fingerprint density at radius 3 is 2.53 bits per heavy atom. The van der Waals surface area contributed by atoms with E-state index in [0.717, 1.165) is 17.4 Å². The van der Waals surface area contributed by atoms with Crippen molar-refractivity contribution in [3.63, 3.8) is 0 Å². The van der Waals surface area contributed by atoms with Crippen LogP contribution in [0.3, 0.4) is 0 Å². The van der Waals surface area contributed by atoms with Gasteiger partial charge in [0.25, 0.3) is 0 Å². The lowest BCUT2D eigenvalue weighted by Gasteiger charge is -2.12. The van der Waals surface area contributed by atoms with Crippen molar-refractivity contribution in [1.29, 1.82) is 0 Å². The summed E-state index contributed by atoms with van der Waals surface area (Å²) in [5.74, 6) is 0.0829. The zero-order chi connectivity index (χ0) is 12.3. The van der Waals surface area contributed by atoms with Gasteiger partial charge in [0.05, 0.1) is 6.42 Å². The predicted molar refractivity (Wildman–Crippen MR) is 73.6 cm³/mol. The Morgan fingerprint density at radius 1 is 1.35 bits per heavy atom. The molecule has 1 fully saturated rings. The molecule has 1 amide bonds. The van der Waals surface area contributed by atoms with E-state index in [1.165, 1.54) is 12.8 Å². The number of nitrogens with one attached hydrogen (secondary N) is 1. The summed E-state index contributed by atoms with van der Waals surface area (Å²) < 4.78 is 0. The summed E-state index contributed by atoms with van der Waals surface area (Å²) in [5.41, 5.74) is 1.32. The van der Waals surface area contributed by atoms with Gasteiger partial charge in [0, 0.05) is 16.9 Å². The average molecular weight is 317 g/mol. The first kappa shape index (κ1) is 12.9. The van der Waals surface area contributed by atoms with Gasteiger partial charge in [0.1, 0.15) is 0 Å². The fourth-order valence-corrected chi connectivity index (χ4v) is 2.56. The maximum absolute atomic E-state index is 11.7. The average Bonchev–Trinajstić information content (AvgIpc) is 3.10. The number of amides is 1. The molecule has 0 saturated heterocycles. The molecule has 92 valence electrons. The van der Waals surface area contributed by atoms with E-state index in [1.54, 1.807) is 0 Å². The van der Waals surface area contributed by atoms with Gasteiger partial charge in [-0.2, -0.15) is 0 Å². The molecule has 2 rings (SSSR count). The highest BCUT2D eigenvalue weighted by Crippen LogP contribution is 2.46. The standard InChI is InChI=1S/C13H15BrClNO/c14-8-13(5-6-13)9-16-12(17)7-10-1-3-11(15)4-2-10/h1-4H,5-9H2,(H,16,17). The largest absolute Gasteiger partial charge is 0.355 e. The van der Waals surface area contributed by atoms with E-state index in [1.807, 2.05) is 24.3 Å². The number of halogens is 2. The Morgan fingerprint density at radius 2 is 2.00 bits per heavy atom. The van der Waals surface area contributed by atoms with Gasteiger partial charge in [-0.15, -0.1) is 0 Å². The molecule has 0 heterocycles. The van der Waals surface area contributed by atoms with E-state index in [0.29, 0.717) is 16.9 Å². The summed E-state index contributed by atoms with van der Waals surface area (Å²) in [6, 6.07) is 7.40. The van der Waals surface area contributed by atoms with Crippen LogP contribution in [0.15, 0.2) is 24.3 Å². The minimum Gasteiger partial charge on any atom is -0.355 e. The first-order chi connectivity index (χ1) is 8.13. The van der Waals surface area contributed by atoms with Gasteiger partial charge >= 0.3 is 0 Å². The summed E-state index contributed by atoms with van der Waals surface area (Å²) in [6.07, 6.45) is 2.84. The van der Waals surface area contributed by atoms with Gasteiger partial charge in [-0.3, -0.25) is 4.79 Å². The number of carbonyl (C=O) groups excluding carboxylic acids is 1. The maximum Gasteiger partial charge on any atom is 0.224 e. The Balaban J connectivity index is 1.79. The van der Waals surface area contributed by atoms with Crippen LogP contribution in [0.4, 0.5) is 0 Å². The van der Waals surface area contributed by atoms with Crippen molar-refractivity contribution in [2.24, 2.45) is 5.41 Å². The minimum atomic E-state index is 0.0829. The summed E-state index contributed by atoms with van der Waals surface area (Å²) >= 11 is 9.28. The SMILES string of the molecule is O=C(Cc1ccc(Cl)cc1)NCC1(CBr)CC1. The summed E-state index contributed by atoms with van der Waals surface area (Å²) in [5, 5.41) is 4.67. The van der Waals surface area contributed by atoms with Crippen LogP contribution in [0, 0.1) is 5.41 Å². The van der Waals surface area contributed by atoms with Crippen molar-refractivity contribution in [2.45, 2.75) is 19.3 Å². The predicted octanol–water partition coefficient (Wildman–Crippen LogP) is 3.17. The Bertz CT molecular complexity index is 400. The third kappa shape index (κ3) is 3.71. The highest BCUT2D eigenvalue weighted by Gasteiger charge is 2.41. The molecule has 0 spiro atoms. The monoisotopic (exact) mass is 315 g/mol. The number of rotatable bonds is 5. The van der Waals surface area contributed by atoms with Crippen LogP contribution in [0.2, 0.25) is 5.02 Å². The fraction of sp³-hybridized carbons (Fsp3) is 0.462. The zero-order valence-corrected chi connectivity index (χ0v) is 11.9. The Hall–Kier alpha value is -0.540. The molecule has 17 heavy (non-hydrogen) atoms. The van der Waals surface area contributed by atoms with Crippen molar-refractivity contribution in [3.8, 4) is 0 Å². The van der Waals surface area contributed by atoms with Crippen molar-refractivity contribution in [2.75, 3.05) is 11.9 Å². The lowest BCUT2D eigenvalue weighted by atomic mass is 10.1. The van der Waals surface area contributed by atoms with Crippen molar-refractivity contribution in [3.05, 3.63) is 34.9 Å². The molecule has 1 aromatic rings. The van der Waals surface area contributed by atoms with E-state index in [4.69, 9.17) is 11.6 Å². The van der Waals surface area contributed by atoms with Crippen LogP contribution in [0.5, 0.6) is 0 Å². The van der Waals surface area contributed by atoms with Crippen LogP contribution in [-0.2, 0) is 11.2 Å². The van der Waals surface area contributed by atoms with Gasteiger partial charge < -0.3 is 5.32 Å². The van der Waals surface area contributed by atoms with E-state index in [-0.39, 0.29) is 5.91 Å². The molecule has 1 N–H and O–H groups in total. The lowest BCUT2D eigenvalue weighted by molar-refractivity contribution is -0.120. The highest BCUT2D eigenvalue weighted by atomic mass is 79.9. The van der Waals surface area contributed by atoms with Gasteiger partial charge in [0.15, 0.2) is 0 Å². The normalized spacial score (nSPS) is 16.6. The van der Waals surface area contributed by atoms with Crippen molar-refractivity contribution >= 4 is 33.4 Å². The Labute approximate surface area is 115 Å². The van der Waals surface area contributed by atoms with Crippen molar-refractivity contribution < 1.29 is 4.79 Å². The van der Waals surface area contributed by atoms with Crippen LogP contribution in [-0.4, -0.2) is 17.8 Å². The first-order valence-corrected chi connectivity index (χ1v) is 7.21. The number of hydrogen-bond donors (Lipinski definition) is 1. The number of hydrogen-bond acceptors (Lipinski definition) is 1. The first-order valence-electron chi connectivity index (χ1n) is 5.71. The molecule has 0 unspecified atom stereocenters. The molecular formula is C13H15BrClNO. The van der Waals surface area contributed by atoms with Gasteiger partial charge in [-0.1, -0.05) is 39.7 Å². The summed E-state index contributed by atoms with van der Waals surface area (Å²) in [6.45, 7) is 0.782. The second-order valence-electron chi connectivity index (χ2n) is 4.71. The van der Waals surface area contributed by atoms with Gasteiger partial charge in [-0.25, -0.2) is 0 Å². The molecule has 0 radical (unpaired) electrons. The second kappa shape index (κ2) is 5.40. The Kier molecular flexibility index (Phi) is 4.10. The molecule has 0 aromatic heterocycles. The number of alkyl halides is 1. The molecule has 0 aliphatic heterocycles.